The fourth-order valence-corrected chi connectivity index (χ4v) is 1.66. The van der Waals surface area contributed by atoms with Crippen LogP contribution in [0, 0.1) is 10.1 Å². The van der Waals surface area contributed by atoms with Gasteiger partial charge in [-0.05, 0) is 36.4 Å². The molecule has 0 saturated heterocycles. The largest absolute Gasteiger partial charge is 0.399 e. The second-order valence-corrected chi connectivity index (χ2v) is 4.58. The topological polar surface area (TPSA) is 127 Å². The van der Waals surface area contributed by atoms with Crippen LogP contribution in [0.2, 0.25) is 0 Å². The molecule has 0 aliphatic heterocycles. The first-order valence-corrected chi connectivity index (χ1v) is 6.93. The molecule has 2 amide bonds. The van der Waals surface area contributed by atoms with Crippen LogP contribution >= 0.6 is 0 Å². The molecule has 126 valence electrons. The first-order chi connectivity index (χ1) is 11.4. The first-order valence-electron chi connectivity index (χ1n) is 6.93. The average molecular weight is 330 g/mol. The number of anilines is 1. The number of nitrogens with zero attached hydrogens (tertiary/aromatic N) is 1. The lowest BCUT2D eigenvalue weighted by molar-refractivity contribution is -0.384. The van der Waals surface area contributed by atoms with E-state index in [1.165, 1.54) is 31.3 Å². The Labute approximate surface area is 138 Å². The smallest absolute Gasteiger partial charge is 0.269 e. The number of carbonyl (C=O) groups excluding carboxylic acids is 2. The first kappa shape index (κ1) is 18.6. The van der Waals surface area contributed by atoms with E-state index in [4.69, 9.17) is 5.73 Å². The SMILES string of the molecule is CNC(=O)c1ccc(N)cc1.CNC(=O)c1ccc([N+](=O)[O-])cc1. The average Bonchev–Trinajstić information content (AvgIpc) is 2.61. The van der Waals surface area contributed by atoms with Crippen molar-refractivity contribution in [3.63, 3.8) is 0 Å². The quantitative estimate of drug-likeness (QED) is 0.447. The Morgan fingerprint density at radius 1 is 0.875 bits per heavy atom. The lowest BCUT2D eigenvalue weighted by Gasteiger charge is -1.98. The standard InChI is InChI=1S/C8H8N2O3.C8H10N2O/c1-9-8(11)6-2-4-7(5-3-6)10(12)13;1-10-8(11)6-2-4-7(9)5-3-6/h2-5H,1H3,(H,9,11);2-5H,9H2,1H3,(H,10,11). The van der Waals surface area contributed by atoms with Gasteiger partial charge in [0.25, 0.3) is 17.5 Å². The van der Waals surface area contributed by atoms with Gasteiger partial charge in [-0.3, -0.25) is 19.7 Å². The Bertz CT molecular complexity index is 712. The molecule has 0 saturated carbocycles. The van der Waals surface area contributed by atoms with Crippen molar-refractivity contribution < 1.29 is 14.5 Å². The van der Waals surface area contributed by atoms with E-state index >= 15 is 0 Å². The maximum atomic E-state index is 11.0. The number of nitro benzene ring substituents is 1. The van der Waals surface area contributed by atoms with Gasteiger partial charge in [0.05, 0.1) is 4.92 Å². The second kappa shape index (κ2) is 8.89. The maximum absolute atomic E-state index is 11.0. The highest BCUT2D eigenvalue weighted by Crippen LogP contribution is 2.11. The summed E-state index contributed by atoms with van der Waals surface area (Å²) >= 11 is 0. The van der Waals surface area contributed by atoms with Crippen LogP contribution in [0.3, 0.4) is 0 Å². The van der Waals surface area contributed by atoms with Crippen molar-refractivity contribution in [1.29, 1.82) is 0 Å². The summed E-state index contributed by atoms with van der Waals surface area (Å²) in [4.78, 5) is 31.7. The number of nitro groups is 1. The number of hydrogen-bond acceptors (Lipinski definition) is 5. The van der Waals surface area contributed by atoms with Crippen LogP contribution in [0.25, 0.3) is 0 Å². The highest BCUT2D eigenvalue weighted by atomic mass is 16.6. The third-order valence-corrected chi connectivity index (χ3v) is 2.97. The molecule has 0 bridgehead atoms. The van der Waals surface area contributed by atoms with E-state index in [1.807, 2.05) is 0 Å². The molecule has 2 aromatic carbocycles. The second-order valence-electron chi connectivity index (χ2n) is 4.58. The summed E-state index contributed by atoms with van der Waals surface area (Å²) in [6.45, 7) is 0. The normalized spacial score (nSPS) is 9.25. The van der Waals surface area contributed by atoms with Crippen LogP contribution < -0.4 is 16.4 Å². The van der Waals surface area contributed by atoms with Crippen molar-refractivity contribution >= 4 is 23.2 Å². The molecular formula is C16H18N4O4. The van der Waals surface area contributed by atoms with Gasteiger partial charge in [-0.2, -0.15) is 0 Å². The number of benzene rings is 2. The molecule has 8 heteroatoms. The number of amides is 2. The minimum absolute atomic E-state index is 0.0207. The van der Waals surface area contributed by atoms with Crippen molar-refractivity contribution in [1.82, 2.24) is 10.6 Å². The molecule has 0 atom stereocenters. The number of rotatable bonds is 3. The van der Waals surface area contributed by atoms with E-state index in [9.17, 15) is 19.7 Å². The summed E-state index contributed by atoms with van der Waals surface area (Å²) in [6, 6.07) is 12.2. The number of carbonyl (C=O) groups is 2. The molecule has 4 N–H and O–H groups in total. The van der Waals surface area contributed by atoms with E-state index in [-0.39, 0.29) is 17.5 Å². The van der Waals surface area contributed by atoms with E-state index in [0.717, 1.165) is 0 Å². The third-order valence-electron chi connectivity index (χ3n) is 2.97. The Kier molecular flexibility index (Phi) is 6.90. The van der Waals surface area contributed by atoms with Crippen LogP contribution in [0.5, 0.6) is 0 Å². The Balaban J connectivity index is 0.000000243. The predicted molar refractivity (Wildman–Crippen MR) is 90.7 cm³/mol. The van der Waals surface area contributed by atoms with Gasteiger partial charge in [-0.15, -0.1) is 0 Å². The predicted octanol–water partition coefficient (Wildman–Crippen LogP) is 1.58. The molecule has 0 spiro atoms. The molecular weight excluding hydrogens is 312 g/mol. The number of nitrogens with one attached hydrogen (secondary N) is 2. The summed E-state index contributed by atoms with van der Waals surface area (Å²) in [5.41, 5.74) is 7.12. The minimum Gasteiger partial charge on any atom is -0.399 e. The van der Waals surface area contributed by atoms with Gasteiger partial charge in [0, 0.05) is 43.0 Å². The van der Waals surface area contributed by atoms with Crippen LogP contribution in [0.4, 0.5) is 11.4 Å². The van der Waals surface area contributed by atoms with Gasteiger partial charge in [-0.1, -0.05) is 0 Å². The van der Waals surface area contributed by atoms with E-state index in [1.54, 1.807) is 31.3 Å². The molecule has 0 heterocycles. The van der Waals surface area contributed by atoms with E-state index in [2.05, 4.69) is 10.6 Å². The zero-order valence-electron chi connectivity index (χ0n) is 13.3. The van der Waals surface area contributed by atoms with Crippen molar-refractivity contribution in [2.45, 2.75) is 0 Å². The van der Waals surface area contributed by atoms with Gasteiger partial charge in [0.2, 0.25) is 0 Å². The van der Waals surface area contributed by atoms with Gasteiger partial charge in [0.15, 0.2) is 0 Å². The van der Waals surface area contributed by atoms with Gasteiger partial charge < -0.3 is 16.4 Å². The van der Waals surface area contributed by atoms with Gasteiger partial charge in [-0.25, -0.2) is 0 Å². The van der Waals surface area contributed by atoms with Crippen molar-refractivity contribution in [2.75, 3.05) is 19.8 Å². The van der Waals surface area contributed by atoms with Crippen LogP contribution in [0.1, 0.15) is 20.7 Å². The van der Waals surface area contributed by atoms with Crippen LogP contribution in [0.15, 0.2) is 48.5 Å². The summed E-state index contributed by atoms with van der Waals surface area (Å²) < 4.78 is 0. The lowest BCUT2D eigenvalue weighted by atomic mass is 10.2. The third kappa shape index (κ3) is 5.41. The summed E-state index contributed by atoms with van der Waals surface area (Å²) in [7, 11) is 3.10. The van der Waals surface area contributed by atoms with Gasteiger partial charge >= 0.3 is 0 Å². The van der Waals surface area contributed by atoms with Crippen LogP contribution in [-0.4, -0.2) is 30.8 Å². The molecule has 8 nitrogen and oxygen atoms in total. The summed E-state index contributed by atoms with van der Waals surface area (Å²) in [6.07, 6.45) is 0. The number of hydrogen-bond donors (Lipinski definition) is 3. The van der Waals surface area contributed by atoms with E-state index < -0.39 is 4.92 Å². The van der Waals surface area contributed by atoms with Gasteiger partial charge in [0.1, 0.15) is 0 Å². The highest BCUT2D eigenvalue weighted by molar-refractivity contribution is 5.94. The monoisotopic (exact) mass is 330 g/mol. The van der Waals surface area contributed by atoms with E-state index in [0.29, 0.717) is 16.8 Å². The molecule has 2 aromatic rings. The molecule has 0 radical (unpaired) electrons. The number of non-ortho nitro benzene ring substituents is 1. The Morgan fingerprint density at radius 3 is 1.58 bits per heavy atom. The number of nitrogens with two attached hydrogens (primary N) is 1. The maximum Gasteiger partial charge on any atom is 0.269 e. The molecule has 2 rings (SSSR count). The Hall–Kier alpha value is -3.42. The van der Waals surface area contributed by atoms with Crippen molar-refractivity contribution in [3.05, 3.63) is 69.8 Å². The zero-order valence-corrected chi connectivity index (χ0v) is 13.3. The minimum atomic E-state index is -0.506. The van der Waals surface area contributed by atoms with Crippen LogP contribution in [-0.2, 0) is 0 Å². The molecule has 0 aliphatic rings. The van der Waals surface area contributed by atoms with Crippen molar-refractivity contribution in [2.24, 2.45) is 0 Å². The molecule has 0 unspecified atom stereocenters. The molecule has 0 aliphatic carbocycles. The summed E-state index contributed by atoms with van der Waals surface area (Å²) in [5, 5.41) is 15.2. The highest BCUT2D eigenvalue weighted by Gasteiger charge is 2.07. The fourth-order valence-electron chi connectivity index (χ4n) is 1.66. The molecule has 0 fully saturated rings. The zero-order chi connectivity index (χ0) is 18.1. The number of nitrogen functional groups attached to an aromatic ring is 1. The molecule has 0 aromatic heterocycles. The van der Waals surface area contributed by atoms with Crippen molar-refractivity contribution in [3.8, 4) is 0 Å². The lowest BCUT2D eigenvalue weighted by Crippen LogP contribution is -2.17. The summed E-state index contributed by atoms with van der Waals surface area (Å²) in [5.74, 6) is -0.347. The fraction of sp³-hybridized carbons (Fsp3) is 0.125. The Morgan fingerprint density at radius 2 is 1.25 bits per heavy atom. The molecule has 24 heavy (non-hydrogen) atoms.